The third-order valence-electron chi connectivity index (χ3n) is 11.2. The smallest absolute Gasteiger partial charge is 0.200 e. The highest BCUT2D eigenvalue weighted by Gasteiger charge is 2.39. The average Bonchev–Trinajstić information content (AvgIpc) is 4.27. The van der Waals surface area contributed by atoms with Gasteiger partial charge in [-0.3, -0.25) is 0 Å². The Morgan fingerprint density at radius 1 is 0.250 bits per heavy atom. The summed E-state index contributed by atoms with van der Waals surface area (Å²) in [6, 6.07) is 10.1. The van der Waals surface area contributed by atoms with Gasteiger partial charge in [-0.2, -0.15) is 21.0 Å². The molecule has 0 saturated carbocycles. The van der Waals surface area contributed by atoms with E-state index in [0.717, 1.165) is 24.3 Å². The van der Waals surface area contributed by atoms with E-state index < -0.39 is 169 Å². The van der Waals surface area contributed by atoms with Crippen molar-refractivity contribution in [2.24, 2.45) is 0 Å². The molecule has 4 heterocycles. The van der Waals surface area contributed by atoms with Crippen LogP contribution < -0.4 is 0 Å². The van der Waals surface area contributed by atoms with Gasteiger partial charge in [0.1, 0.15) is 35.4 Å². The van der Waals surface area contributed by atoms with Gasteiger partial charge in [0, 0.05) is 52.9 Å². The van der Waals surface area contributed by atoms with Crippen LogP contribution in [0.1, 0.15) is 22.3 Å². The van der Waals surface area contributed by atoms with Gasteiger partial charge in [-0.15, -0.1) is 45.3 Å². The predicted octanol–water partition coefficient (Wildman–Crippen LogP) is 16.7. The standard InChI is InChI=1S/2C24H2F10N2S2/c2*25-13-11(14(26)18(30)21(33)17(13)29)8-1-6-10(5(3-35)4-36)7-2-9(38-24(7)23(6)37-8)12-15(27)19(31)22(34)20(32)16(12)28/h2*1-2H. The van der Waals surface area contributed by atoms with Gasteiger partial charge in [0.25, 0.3) is 0 Å². The minimum atomic E-state index is -2.39. The van der Waals surface area contributed by atoms with Gasteiger partial charge in [0.2, 0.25) is 23.3 Å². The van der Waals surface area contributed by atoms with E-state index in [1.54, 1.807) is 24.3 Å². The topological polar surface area (TPSA) is 95.2 Å². The number of nitriles is 4. The van der Waals surface area contributed by atoms with Gasteiger partial charge >= 0.3 is 0 Å². The number of benzene rings is 4. The van der Waals surface area contributed by atoms with Crippen molar-refractivity contribution in [3.8, 4) is 85.5 Å². The monoisotopic (exact) mass is 1140 g/mol. The lowest BCUT2D eigenvalue weighted by atomic mass is 9.99. The number of halogens is 20. The maximum atomic E-state index is 14.4. The van der Waals surface area contributed by atoms with E-state index in [1.165, 1.54) is 0 Å². The van der Waals surface area contributed by atoms with Crippen molar-refractivity contribution >= 4 is 56.5 Å². The SMILES string of the molecule is N#CC(C#N)=C1c2cc(-c3c(F)c(F)c(F)c(F)c3F)sc2-c2sc(-c3c(F)c(F)c(F)c(F)c3F)cc21.N#CC(C#N)=C1c2cc(-c3c(F)c(F)c(F)c(F)c3F)sc2-c2sc(-c3c(F)c(F)c(F)c(F)c3F)cc21. The molecule has 2 aliphatic carbocycles. The normalized spacial score (nSPS) is 11.8. The first-order chi connectivity index (χ1) is 35.9. The Bertz CT molecular complexity index is 3600. The van der Waals surface area contributed by atoms with Crippen LogP contribution in [0.2, 0.25) is 0 Å². The van der Waals surface area contributed by atoms with Crippen LogP contribution in [0.15, 0.2) is 35.4 Å². The summed E-state index contributed by atoms with van der Waals surface area (Å²) in [5.41, 5.74) is -7.02. The molecule has 10 rings (SSSR count). The molecule has 0 radical (unpaired) electrons. The summed E-state index contributed by atoms with van der Waals surface area (Å²) < 4.78 is 280. The van der Waals surface area contributed by atoms with E-state index in [9.17, 15) is 109 Å². The number of thiophene rings is 4. The van der Waals surface area contributed by atoms with Crippen molar-refractivity contribution in [1.29, 1.82) is 21.0 Å². The Morgan fingerprint density at radius 3 is 0.539 bits per heavy atom. The van der Waals surface area contributed by atoms with Gasteiger partial charge in [0.15, 0.2) is 93.1 Å². The second kappa shape index (κ2) is 18.8. The van der Waals surface area contributed by atoms with Crippen molar-refractivity contribution in [2.45, 2.75) is 0 Å². The van der Waals surface area contributed by atoms with Crippen LogP contribution in [0, 0.1) is 162 Å². The lowest BCUT2D eigenvalue weighted by Crippen LogP contribution is -2.03. The number of nitrogens with zero attached hydrogens (tertiary/aromatic N) is 4. The molecule has 0 bridgehead atoms. The zero-order valence-electron chi connectivity index (χ0n) is 35.3. The third kappa shape index (κ3) is 7.49. The maximum absolute atomic E-state index is 14.4. The van der Waals surface area contributed by atoms with Gasteiger partial charge in [0.05, 0.1) is 41.8 Å². The molecular formula is C48H4F20N4S4. The van der Waals surface area contributed by atoms with Gasteiger partial charge < -0.3 is 0 Å². The summed E-state index contributed by atoms with van der Waals surface area (Å²) in [6.45, 7) is 0. The zero-order valence-corrected chi connectivity index (χ0v) is 38.6. The molecule has 0 amide bonds. The van der Waals surface area contributed by atoms with Crippen LogP contribution in [-0.4, -0.2) is 0 Å². The molecule has 4 nitrogen and oxygen atoms in total. The molecule has 0 fully saturated rings. The third-order valence-corrected chi connectivity index (χ3v) is 16.1. The van der Waals surface area contributed by atoms with E-state index in [4.69, 9.17) is 0 Å². The van der Waals surface area contributed by atoms with E-state index in [-0.39, 0.29) is 52.9 Å². The first kappa shape index (κ1) is 52.6. The molecule has 4 aromatic carbocycles. The maximum Gasteiger partial charge on any atom is 0.200 e. The van der Waals surface area contributed by atoms with Gasteiger partial charge in [-0.1, -0.05) is 0 Å². The summed E-state index contributed by atoms with van der Waals surface area (Å²) in [7, 11) is 0. The van der Waals surface area contributed by atoms with Crippen molar-refractivity contribution < 1.29 is 87.8 Å². The molecule has 0 unspecified atom stereocenters. The van der Waals surface area contributed by atoms with Crippen LogP contribution in [-0.2, 0) is 0 Å². The van der Waals surface area contributed by atoms with Crippen LogP contribution >= 0.6 is 45.3 Å². The number of rotatable bonds is 4. The fourth-order valence-electron chi connectivity index (χ4n) is 7.86. The molecular weight excluding hydrogens is 1140 g/mol. The van der Waals surface area contributed by atoms with E-state index in [0.29, 0.717) is 45.3 Å². The summed E-state index contributed by atoms with van der Waals surface area (Å²) in [6.07, 6.45) is 0. The van der Waals surface area contributed by atoms with Crippen LogP contribution in [0.4, 0.5) is 87.8 Å². The molecule has 0 aliphatic heterocycles. The lowest BCUT2D eigenvalue weighted by molar-refractivity contribution is 0.381. The average molecular weight is 1140 g/mol. The molecule has 0 N–H and O–H groups in total. The second-order valence-electron chi connectivity index (χ2n) is 15.1. The molecule has 76 heavy (non-hydrogen) atoms. The number of hydrogen-bond acceptors (Lipinski definition) is 8. The van der Waals surface area contributed by atoms with Crippen LogP contribution in [0.5, 0.6) is 0 Å². The Kier molecular flexibility index (Phi) is 13.0. The van der Waals surface area contributed by atoms with E-state index in [1.807, 2.05) is 0 Å². The molecule has 0 atom stereocenters. The molecule has 4 aromatic heterocycles. The molecule has 380 valence electrons. The quantitative estimate of drug-likeness (QED) is 0.0759. The minimum Gasteiger partial charge on any atom is -0.203 e. The minimum absolute atomic E-state index is 0.00272. The zero-order chi connectivity index (χ0) is 55.6. The first-order valence-corrected chi connectivity index (χ1v) is 22.9. The summed E-state index contributed by atoms with van der Waals surface area (Å²) in [5.74, 6) is -44.5. The van der Waals surface area contributed by atoms with Crippen molar-refractivity contribution in [3.63, 3.8) is 0 Å². The Morgan fingerprint density at radius 2 is 0.395 bits per heavy atom. The lowest BCUT2D eigenvalue weighted by Gasteiger charge is -2.07. The van der Waals surface area contributed by atoms with E-state index in [2.05, 4.69) is 0 Å². The van der Waals surface area contributed by atoms with Crippen LogP contribution in [0.3, 0.4) is 0 Å². The second-order valence-corrected chi connectivity index (χ2v) is 19.3. The van der Waals surface area contributed by atoms with Crippen LogP contribution in [0.25, 0.3) is 72.4 Å². The van der Waals surface area contributed by atoms with Crippen molar-refractivity contribution in [1.82, 2.24) is 0 Å². The highest BCUT2D eigenvalue weighted by Crippen LogP contribution is 2.59. The fourth-order valence-corrected chi connectivity index (χ4v) is 13.0. The highest BCUT2D eigenvalue weighted by atomic mass is 32.1. The van der Waals surface area contributed by atoms with Crippen molar-refractivity contribution in [3.05, 3.63) is 174 Å². The molecule has 0 spiro atoms. The van der Waals surface area contributed by atoms with E-state index >= 15 is 0 Å². The highest BCUT2D eigenvalue weighted by molar-refractivity contribution is 7.26. The summed E-state index contributed by atoms with van der Waals surface area (Å²) >= 11 is 1.85. The molecule has 2 aliphatic rings. The summed E-state index contributed by atoms with van der Waals surface area (Å²) in [4.78, 5) is -2.04. The van der Waals surface area contributed by atoms with Gasteiger partial charge in [-0.05, 0) is 24.3 Å². The fraction of sp³-hybridized carbons (Fsp3) is 0. The molecule has 28 heteroatoms. The Hall–Kier alpha value is -8.28. The number of fused-ring (bicyclic) bond motifs is 6. The van der Waals surface area contributed by atoms with Gasteiger partial charge in [-0.25, -0.2) is 87.8 Å². The largest absolute Gasteiger partial charge is 0.203 e. The predicted molar refractivity (Wildman–Crippen MR) is 231 cm³/mol. The Balaban J connectivity index is 0.000000186. The van der Waals surface area contributed by atoms with Crippen molar-refractivity contribution in [2.75, 3.05) is 0 Å². The number of hydrogen-bond donors (Lipinski definition) is 0. The first-order valence-electron chi connectivity index (χ1n) is 19.6. The Labute approximate surface area is 423 Å². The summed E-state index contributed by atoms with van der Waals surface area (Å²) in [5, 5.41) is 37.7. The molecule has 0 saturated heterocycles. The molecule has 8 aromatic rings. The number of allylic oxidation sites excluding steroid dienone is 2.